The molecular formula is C12H15F3N4O2. The quantitative estimate of drug-likeness (QED) is 0.614. The van der Waals surface area contributed by atoms with Crippen LogP contribution in [-0.2, 0) is 6.18 Å². The third-order valence-electron chi connectivity index (χ3n) is 2.57. The van der Waals surface area contributed by atoms with E-state index in [4.69, 9.17) is 5.73 Å². The number of urea groups is 1. The minimum atomic E-state index is -4.57. The first-order valence-corrected chi connectivity index (χ1v) is 5.96. The molecule has 0 saturated heterocycles. The highest BCUT2D eigenvalue weighted by molar-refractivity contribution is 5.95. The summed E-state index contributed by atoms with van der Waals surface area (Å²) in [4.78, 5) is 22.1. The summed E-state index contributed by atoms with van der Waals surface area (Å²) in [6, 6.07) is 2.47. The van der Waals surface area contributed by atoms with Crippen molar-refractivity contribution in [2.45, 2.75) is 6.18 Å². The molecule has 21 heavy (non-hydrogen) atoms. The van der Waals surface area contributed by atoms with Crippen LogP contribution in [0, 0.1) is 0 Å². The summed E-state index contributed by atoms with van der Waals surface area (Å²) >= 11 is 0. The van der Waals surface area contributed by atoms with Crippen molar-refractivity contribution in [2.75, 3.05) is 25.5 Å². The van der Waals surface area contributed by atoms with Crippen LogP contribution in [0.3, 0.4) is 0 Å². The van der Waals surface area contributed by atoms with Gasteiger partial charge in [0.25, 0.3) is 5.91 Å². The number of carbonyl (C=O) groups is 2. The van der Waals surface area contributed by atoms with E-state index in [0.29, 0.717) is 0 Å². The Bertz CT molecular complexity index is 532. The molecule has 116 valence electrons. The van der Waals surface area contributed by atoms with Crippen molar-refractivity contribution in [1.29, 1.82) is 0 Å². The molecule has 0 fully saturated rings. The fourth-order valence-electron chi connectivity index (χ4n) is 1.60. The second kappa shape index (κ2) is 6.82. The Kier molecular flexibility index (Phi) is 5.39. The molecule has 0 atom stereocenters. The molecule has 0 bridgehead atoms. The fourth-order valence-corrected chi connectivity index (χ4v) is 1.60. The van der Waals surface area contributed by atoms with Gasteiger partial charge in [-0.25, -0.2) is 4.79 Å². The maximum absolute atomic E-state index is 12.8. The first-order valence-electron chi connectivity index (χ1n) is 5.96. The predicted molar refractivity (Wildman–Crippen MR) is 70.9 cm³/mol. The molecule has 0 aromatic heterocycles. The molecule has 6 nitrogen and oxygen atoms in total. The Morgan fingerprint density at radius 3 is 2.33 bits per heavy atom. The third kappa shape index (κ3) is 4.86. The van der Waals surface area contributed by atoms with Crippen LogP contribution in [0.1, 0.15) is 15.9 Å². The fraction of sp³-hybridized carbons (Fsp3) is 0.333. The van der Waals surface area contributed by atoms with Crippen molar-refractivity contribution in [3.8, 4) is 0 Å². The van der Waals surface area contributed by atoms with Gasteiger partial charge in [-0.1, -0.05) is 0 Å². The highest BCUT2D eigenvalue weighted by Crippen LogP contribution is 2.35. The Labute approximate surface area is 118 Å². The van der Waals surface area contributed by atoms with Crippen LogP contribution in [0.4, 0.5) is 23.7 Å². The molecule has 0 radical (unpaired) electrons. The van der Waals surface area contributed by atoms with Gasteiger partial charge in [0.05, 0.1) is 5.56 Å². The number of halogens is 3. The van der Waals surface area contributed by atoms with Crippen molar-refractivity contribution in [2.24, 2.45) is 5.73 Å². The molecule has 0 aliphatic heterocycles. The van der Waals surface area contributed by atoms with E-state index in [1.165, 1.54) is 19.2 Å². The van der Waals surface area contributed by atoms with Crippen LogP contribution in [0.15, 0.2) is 18.2 Å². The van der Waals surface area contributed by atoms with Gasteiger partial charge in [0.1, 0.15) is 0 Å². The molecule has 9 heteroatoms. The second-order valence-corrected chi connectivity index (χ2v) is 4.06. The van der Waals surface area contributed by atoms with Gasteiger partial charge < -0.3 is 21.7 Å². The van der Waals surface area contributed by atoms with E-state index < -0.39 is 23.7 Å². The van der Waals surface area contributed by atoms with Crippen molar-refractivity contribution in [1.82, 2.24) is 10.6 Å². The Hall–Kier alpha value is -2.45. The van der Waals surface area contributed by atoms with Crippen LogP contribution >= 0.6 is 0 Å². The minimum Gasteiger partial charge on any atom is -0.388 e. The van der Waals surface area contributed by atoms with Crippen molar-refractivity contribution in [3.05, 3.63) is 29.3 Å². The summed E-state index contributed by atoms with van der Waals surface area (Å²) in [7, 11) is 1.36. The topological polar surface area (TPSA) is 96.2 Å². The summed E-state index contributed by atoms with van der Waals surface area (Å²) in [5, 5.41) is 7.03. The van der Waals surface area contributed by atoms with Gasteiger partial charge in [-0.3, -0.25) is 4.79 Å². The van der Waals surface area contributed by atoms with Gasteiger partial charge in [-0.2, -0.15) is 13.2 Å². The summed E-state index contributed by atoms with van der Waals surface area (Å²) in [6.07, 6.45) is -4.57. The number of carbonyl (C=O) groups excluding carboxylic acids is 2. The lowest BCUT2D eigenvalue weighted by Crippen LogP contribution is -2.37. The van der Waals surface area contributed by atoms with Gasteiger partial charge in [0, 0.05) is 31.4 Å². The molecule has 0 spiro atoms. The second-order valence-electron chi connectivity index (χ2n) is 4.06. The number of benzene rings is 1. The third-order valence-corrected chi connectivity index (χ3v) is 2.57. The van der Waals surface area contributed by atoms with Crippen molar-refractivity contribution in [3.63, 3.8) is 0 Å². The predicted octanol–water partition coefficient (Wildman–Crippen LogP) is 1.15. The van der Waals surface area contributed by atoms with Crippen molar-refractivity contribution < 1.29 is 22.8 Å². The van der Waals surface area contributed by atoms with Gasteiger partial charge in [0.2, 0.25) is 0 Å². The van der Waals surface area contributed by atoms with E-state index in [9.17, 15) is 22.8 Å². The number of nitrogens with two attached hydrogens (primary N) is 1. The molecule has 0 aliphatic rings. The molecule has 0 saturated carbocycles. The lowest BCUT2D eigenvalue weighted by molar-refractivity contribution is -0.136. The molecule has 1 aromatic carbocycles. The Morgan fingerprint density at radius 2 is 1.81 bits per heavy atom. The normalized spacial score (nSPS) is 10.9. The van der Waals surface area contributed by atoms with Crippen LogP contribution in [0.25, 0.3) is 0 Å². The monoisotopic (exact) mass is 304 g/mol. The summed E-state index contributed by atoms with van der Waals surface area (Å²) < 4.78 is 38.5. The van der Waals surface area contributed by atoms with Crippen LogP contribution in [0.5, 0.6) is 0 Å². The first kappa shape index (κ1) is 16.6. The van der Waals surface area contributed by atoms with E-state index in [0.717, 1.165) is 6.07 Å². The zero-order valence-corrected chi connectivity index (χ0v) is 11.2. The maximum Gasteiger partial charge on any atom is 0.418 e. The summed E-state index contributed by atoms with van der Waals surface area (Å²) in [5.74, 6) is -0.672. The lowest BCUT2D eigenvalue weighted by atomic mass is 10.1. The van der Waals surface area contributed by atoms with E-state index in [2.05, 4.69) is 16.0 Å². The first-order chi connectivity index (χ1) is 9.75. The number of rotatable bonds is 5. The van der Waals surface area contributed by atoms with Gasteiger partial charge in [-0.15, -0.1) is 0 Å². The molecule has 3 amide bonds. The number of alkyl halides is 3. The zero-order chi connectivity index (χ0) is 16.0. The Balaban J connectivity index is 2.79. The largest absolute Gasteiger partial charge is 0.418 e. The average Bonchev–Trinajstić information content (AvgIpc) is 2.41. The minimum absolute atomic E-state index is 0.0525. The number of primary amides is 1. The van der Waals surface area contributed by atoms with Gasteiger partial charge >= 0.3 is 12.2 Å². The number of hydrogen-bond donors (Lipinski definition) is 4. The SMILES string of the molecule is CNc1ccc(C(=O)NCCNC(N)=O)cc1C(F)(F)F. The number of nitrogens with one attached hydrogen (secondary N) is 3. The average molecular weight is 304 g/mol. The molecule has 5 N–H and O–H groups in total. The van der Waals surface area contributed by atoms with Gasteiger partial charge in [0.15, 0.2) is 0 Å². The molecule has 0 aliphatic carbocycles. The standard InChI is InChI=1S/C12H15F3N4O2/c1-17-9-3-2-7(6-8(9)12(13,14)15)10(20)18-4-5-19-11(16)21/h2-3,6,17H,4-5H2,1H3,(H,18,20)(H3,16,19,21). The number of anilines is 1. The van der Waals surface area contributed by atoms with Crippen LogP contribution < -0.4 is 21.7 Å². The van der Waals surface area contributed by atoms with Gasteiger partial charge in [-0.05, 0) is 18.2 Å². The molecular weight excluding hydrogens is 289 g/mol. The maximum atomic E-state index is 12.8. The number of hydrogen-bond acceptors (Lipinski definition) is 3. The van der Waals surface area contributed by atoms with Crippen molar-refractivity contribution >= 4 is 17.6 Å². The zero-order valence-electron chi connectivity index (χ0n) is 11.2. The highest BCUT2D eigenvalue weighted by atomic mass is 19.4. The highest BCUT2D eigenvalue weighted by Gasteiger charge is 2.34. The molecule has 1 rings (SSSR count). The Morgan fingerprint density at radius 1 is 1.19 bits per heavy atom. The van der Waals surface area contributed by atoms with E-state index in [1.807, 2.05) is 0 Å². The van der Waals surface area contributed by atoms with Crippen LogP contribution in [0.2, 0.25) is 0 Å². The smallest absolute Gasteiger partial charge is 0.388 e. The molecule has 0 heterocycles. The van der Waals surface area contributed by atoms with Crippen LogP contribution in [-0.4, -0.2) is 32.1 Å². The van der Waals surface area contributed by atoms with E-state index in [-0.39, 0.29) is 24.3 Å². The summed E-state index contributed by atoms with van der Waals surface area (Å²) in [5.41, 5.74) is 3.66. The molecule has 0 unspecified atom stereocenters. The summed E-state index contributed by atoms with van der Waals surface area (Å²) in [6.45, 7) is 0.138. The lowest BCUT2D eigenvalue weighted by Gasteiger charge is -2.14. The van der Waals surface area contributed by atoms with E-state index >= 15 is 0 Å². The van der Waals surface area contributed by atoms with E-state index in [1.54, 1.807) is 0 Å². The number of amides is 3. The molecule has 1 aromatic rings.